The van der Waals surface area contributed by atoms with E-state index in [9.17, 15) is 4.79 Å². The predicted molar refractivity (Wildman–Crippen MR) is 112 cm³/mol. The molecule has 6 heteroatoms. The van der Waals surface area contributed by atoms with E-state index in [1.807, 2.05) is 36.1 Å². The van der Waals surface area contributed by atoms with Gasteiger partial charge < -0.3 is 9.32 Å². The molecule has 0 saturated carbocycles. The summed E-state index contributed by atoms with van der Waals surface area (Å²) in [4.78, 5) is 14.8. The van der Waals surface area contributed by atoms with Gasteiger partial charge in [-0.05, 0) is 62.1 Å². The third-order valence-corrected chi connectivity index (χ3v) is 5.52. The van der Waals surface area contributed by atoms with Crippen molar-refractivity contribution in [2.45, 2.75) is 39.5 Å². The van der Waals surface area contributed by atoms with Gasteiger partial charge in [-0.15, -0.1) is 10.2 Å². The lowest BCUT2D eigenvalue weighted by Crippen LogP contribution is -2.36. The van der Waals surface area contributed by atoms with Crippen LogP contribution in [0.1, 0.15) is 35.4 Å². The van der Waals surface area contributed by atoms with Crippen LogP contribution in [0.4, 0.5) is 5.69 Å². The van der Waals surface area contributed by atoms with Crippen molar-refractivity contribution in [2.75, 3.05) is 11.4 Å². The number of hydrogen-bond donors (Lipinski definition) is 0. The fraction of sp³-hybridized carbons (Fsp3) is 0.318. The predicted octanol–water partition coefficient (Wildman–Crippen LogP) is 5.03. The maximum atomic E-state index is 12.9. The summed E-state index contributed by atoms with van der Waals surface area (Å²) in [5, 5.41) is 8.23. The first-order valence-electron chi connectivity index (χ1n) is 9.50. The zero-order valence-corrected chi connectivity index (χ0v) is 17.6. The van der Waals surface area contributed by atoms with Crippen LogP contribution in [0, 0.1) is 13.8 Å². The second kappa shape index (κ2) is 7.87. The number of hydrogen-bond acceptors (Lipinski definition) is 4. The zero-order valence-electron chi connectivity index (χ0n) is 16.0. The summed E-state index contributed by atoms with van der Waals surface area (Å²) in [5.41, 5.74) is 5.48. The number of fused-ring (bicyclic) bond motifs is 1. The summed E-state index contributed by atoms with van der Waals surface area (Å²) in [5.74, 6) is 1.08. The molecule has 0 saturated heterocycles. The van der Waals surface area contributed by atoms with Crippen molar-refractivity contribution in [1.29, 1.82) is 0 Å². The average Bonchev–Trinajstić information content (AvgIpc) is 3.15. The van der Waals surface area contributed by atoms with E-state index in [-0.39, 0.29) is 5.91 Å². The Bertz CT molecular complexity index is 1010. The molecule has 5 nitrogen and oxygen atoms in total. The van der Waals surface area contributed by atoms with Crippen LogP contribution in [0.5, 0.6) is 0 Å². The van der Waals surface area contributed by atoms with Crippen molar-refractivity contribution in [1.82, 2.24) is 10.2 Å². The van der Waals surface area contributed by atoms with Crippen molar-refractivity contribution >= 4 is 27.5 Å². The topological polar surface area (TPSA) is 59.2 Å². The van der Waals surface area contributed by atoms with Crippen molar-refractivity contribution in [3.05, 3.63) is 63.5 Å². The Morgan fingerprint density at radius 2 is 1.96 bits per heavy atom. The van der Waals surface area contributed by atoms with Crippen LogP contribution in [-0.2, 0) is 17.6 Å². The van der Waals surface area contributed by atoms with Gasteiger partial charge in [0.1, 0.15) is 0 Å². The van der Waals surface area contributed by atoms with E-state index >= 15 is 0 Å². The maximum absolute atomic E-state index is 12.9. The number of aromatic nitrogens is 2. The number of anilines is 1. The van der Waals surface area contributed by atoms with Gasteiger partial charge in [-0.25, -0.2) is 0 Å². The molecule has 28 heavy (non-hydrogen) atoms. The minimum Gasteiger partial charge on any atom is -0.421 e. The molecule has 0 N–H and O–H groups in total. The molecule has 2 aromatic carbocycles. The van der Waals surface area contributed by atoms with Gasteiger partial charge in [-0.1, -0.05) is 33.6 Å². The fourth-order valence-electron chi connectivity index (χ4n) is 3.69. The zero-order chi connectivity index (χ0) is 19.7. The van der Waals surface area contributed by atoms with E-state index in [2.05, 4.69) is 45.2 Å². The lowest BCUT2D eigenvalue weighted by Gasteiger charge is -2.31. The van der Waals surface area contributed by atoms with E-state index in [0.29, 0.717) is 24.6 Å². The molecule has 1 aromatic heterocycles. The Morgan fingerprint density at radius 1 is 1.18 bits per heavy atom. The number of nitrogens with zero attached hydrogens (tertiary/aromatic N) is 3. The lowest BCUT2D eigenvalue weighted by atomic mass is 9.98. The second-order valence-electron chi connectivity index (χ2n) is 7.25. The van der Waals surface area contributed by atoms with Crippen molar-refractivity contribution in [3.8, 4) is 11.5 Å². The van der Waals surface area contributed by atoms with Crippen LogP contribution in [0.15, 0.2) is 45.3 Å². The summed E-state index contributed by atoms with van der Waals surface area (Å²) in [6, 6.07) is 12.1. The average molecular weight is 440 g/mol. The van der Waals surface area contributed by atoms with Gasteiger partial charge in [0.15, 0.2) is 0 Å². The number of amides is 1. The minimum absolute atomic E-state index is 0.0986. The van der Waals surface area contributed by atoms with Crippen LogP contribution in [0.3, 0.4) is 0 Å². The standard InChI is InChI=1S/C22H22BrN3O2/c1-14-5-7-16(8-6-14)22-25-24-19(28-22)9-10-20(27)26-11-3-4-17-13-18(23)12-15(2)21(17)26/h5-8,12-13H,3-4,9-11H2,1-2H3. The first kappa shape index (κ1) is 18.9. The van der Waals surface area contributed by atoms with E-state index < -0.39 is 0 Å². The molecule has 4 rings (SSSR count). The highest BCUT2D eigenvalue weighted by Crippen LogP contribution is 2.34. The number of rotatable bonds is 4. The highest BCUT2D eigenvalue weighted by molar-refractivity contribution is 9.10. The Kier molecular flexibility index (Phi) is 5.31. The molecule has 144 valence electrons. The Hall–Kier alpha value is -2.47. The van der Waals surface area contributed by atoms with Crippen molar-refractivity contribution < 1.29 is 9.21 Å². The Balaban J connectivity index is 1.45. The maximum Gasteiger partial charge on any atom is 0.247 e. The summed E-state index contributed by atoms with van der Waals surface area (Å²) in [6.45, 7) is 4.85. The van der Waals surface area contributed by atoms with E-state index in [1.165, 1.54) is 11.1 Å². The lowest BCUT2D eigenvalue weighted by molar-refractivity contribution is -0.118. The molecular weight excluding hydrogens is 418 g/mol. The minimum atomic E-state index is 0.0986. The number of halogens is 1. The molecule has 1 aliphatic heterocycles. The highest BCUT2D eigenvalue weighted by Gasteiger charge is 2.25. The molecule has 3 aromatic rings. The molecule has 0 bridgehead atoms. The molecule has 0 aliphatic carbocycles. The first-order valence-corrected chi connectivity index (χ1v) is 10.3. The van der Waals surface area contributed by atoms with Crippen molar-refractivity contribution in [2.24, 2.45) is 0 Å². The summed E-state index contributed by atoms with van der Waals surface area (Å²) in [7, 11) is 0. The smallest absolute Gasteiger partial charge is 0.247 e. The van der Waals surface area contributed by atoms with Gasteiger partial charge in [0.25, 0.3) is 0 Å². The molecule has 0 atom stereocenters. The SMILES string of the molecule is Cc1ccc(-c2nnc(CCC(=O)N3CCCc4cc(Br)cc(C)c43)o2)cc1. The number of benzene rings is 2. The third-order valence-electron chi connectivity index (χ3n) is 5.06. The van der Waals surface area contributed by atoms with Crippen LogP contribution >= 0.6 is 15.9 Å². The summed E-state index contributed by atoms with van der Waals surface area (Å²) in [6.07, 6.45) is 2.78. The van der Waals surface area contributed by atoms with Gasteiger partial charge in [0.2, 0.25) is 17.7 Å². The third kappa shape index (κ3) is 3.87. The first-order chi connectivity index (χ1) is 13.5. The van der Waals surface area contributed by atoms with E-state index in [4.69, 9.17) is 4.42 Å². The highest BCUT2D eigenvalue weighted by atomic mass is 79.9. The number of carbonyl (C=O) groups excluding carboxylic acids is 1. The normalized spacial score (nSPS) is 13.5. The van der Waals surface area contributed by atoms with Gasteiger partial charge >= 0.3 is 0 Å². The molecule has 0 radical (unpaired) electrons. The molecule has 1 aliphatic rings. The monoisotopic (exact) mass is 439 g/mol. The molecule has 2 heterocycles. The summed E-state index contributed by atoms with van der Waals surface area (Å²) >= 11 is 3.55. The van der Waals surface area contributed by atoms with Crippen LogP contribution in [0.2, 0.25) is 0 Å². The van der Waals surface area contributed by atoms with Crippen LogP contribution < -0.4 is 4.90 Å². The number of carbonyl (C=O) groups is 1. The molecule has 0 fully saturated rings. The van der Waals surface area contributed by atoms with Crippen LogP contribution in [0.25, 0.3) is 11.5 Å². The van der Waals surface area contributed by atoms with E-state index in [0.717, 1.165) is 40.7 Å². The molecule has 0 unspecified atom stereocenters. The Morgan fingerprint density at radius 3 is 2.75 bits per heavy atom. The van der Waals surface area contributed by atoms with Crippen molar-refractivity contribution in [3.63, 3.8) is 0 Å². The second-order valence-corrected chi connectivity index (χ2v) is 8.16. The molecule has 1 amide bonds. The quantitative estimate of drug-likeness (QED) is 0.571. The van der Waals surface area contributed by atoms with Gasteiger partial charge in [0.05, 0.1) is 0 Å². The van der Waals surface area contributed by atoms with Gasteiger partial charge in [0, 0.05) is 35.1 Å². The van der Waals surface area contributed by atoms with E-state index in [1.54, 1.807) is 0 Å². The molecule has 0 spiro atoms. The van der Waals surface area contributed by atoms with Gasteiger partial charge in [-0.2, -0.15) is 0 Å². The van der Waals surface area contributed by atoms with Gasteiger partial charge in [-0.3, -0.25) is 4.79 Å². The Labute approximate surface area is 172 Å². The fourth-order valence-corrected chi connectivity index (χ4v) is 4.31. The largest absolute Gasteiger partial charge is 0.421 e. The molecular formula is C22H22BrN3O2. The van der Waals surface area contributed by atoms with Crippen LogP contribution in [-0.4, -0.2) is 22.6 Å². The summed E-state index contributed by atoms with van der Waals surface area (Å²) < 4.78 is 6.82. The number of aryl methyl sites for hydroxylation is 4.